The minimum atomic E-state index is -3.93. The molecule has 0 atom stereocenters. The number of anilines is 1. The van der Waals surface area contributed by atoms with Gasteiger partial charge in [-0.2, -0.15) is 4.31 Å². The first-order valence-corrected chi connectivity index (χ1v) is 9.36. The van der Waals surface area contributed by atoms with E-state index in [9.17, 15) is 26.4 Å². The van der Waals surface area contributed by atoms with E-state index in [-0.39, 0.29) is 36.9 Å². The quantitative estimate of drug-likeness (QED) is 0.855. The number of carbonyl (C=O) groups is 1. The Morgan fingerprint density at radius 1 is 1.00 bits per heavy atom. The summed E-state index contributed by atoms with van der Waals surface area (Å²) in [5, 5.41) is 2.15. The smallest absolute Gasteiger partial charge is 0.258 e. The van der Waals surface area contributed by atoms with E-state index in [1.807, 2.05) is 0 Å². The van der Waals surface area contributed by atoms with Crippen LogP contribution in [0.15, 0.2) is 41.3 Å². The van der Waals surface area contributed by atoms with Gasteiger partial charge in [0, 0.05) is 24.8 Å². The molecule has 3 rings (SSSR count). The first kappa shape index (κ1) is 19.3. The van der Waals surface area contributed by atoms with Crippen LogP contribution >= 0.6 is 0 Å². The van der Waals surface area contributed by atoms with Gasteiger partial charge in [0.1, 0.15) is 17.5 Å². The van der Waals surface area contributed by atoms with Crippen molar-refractivity contribution in [3.05, 3.63) is 59.4 Å². The van der Waals surface area contributed by atoms with E-state index in [0.717, 1.165) is 30.3 Å². The summed E-state index contributed by atoms with van der Waals surface area (Å²) in [5.74, 6) is -3.84. The predicted octanol–water partition coefficient (Wildman–Crippen LogP) is 2.38. The Morgan fingerprint density at radius 2 is 1.63 bits per heavy atom. The summed E-state index contributed by atoms with van der Waals surface area (Å²) in [7, 11) is -3.93. The van der Waals surface area contributed by atoms with E-state index in [4.69, 9.17) is 4.74 Å². The molecule has 1 heterocycles. The lowest BCUT2D eigenvalue weighted by Gasteiger charge is -2.26. The molecule has 2 aromatic carbocycles. The highest BCUT2D eigenvalue weighted by Crippen LogP contribution is 2.22. The van der Waals surface area contributed by atoms with Gasteiger partial charge in [-0.25, -0.2) is 21.6 Å². The molecule has 0 saturated carbocycles. The number of amides is 1. The third-order valence-corrected chi connectivity index (χ3v) is 5.81. The summed E-state index contributed by atoms with van der Waals surface area (Å²) >= 11 is 0. The van der Waals surface area contributed by atoms with Gasteiger partial charge in [-0.1, -0.05) is 0 Å². The van der Waals surface area contributed by atoms with E-state index in [1.54, 1.807) is 0 Å². The lowest BCUT2D eigenvalue weighted by molar-refractivity contribution is 0.0730. The number of morpholine rings is 1. The van der Waals surface area contributed by atoms with Gasteiger partial charge in [0.15, 0.2) is 0 Å². The summed E-state index contributed by atoms with van der Waals surface area (Å²) in [6, 6.07) is 5.13. The van der Waals surface area contributed by atoms with E-state index in [0.29, 0.717) is 6.07 Å². The molecule has 10 heteroatoms. The van der Waals surface area contributed by atoms with Crippen LogP contribution in [-0.4, -0.2) is 44.9 Å². The van der Waals surface area contributed by atoms with Gasteiger partial charge in [0.05, 0.1) is 23.7 Å². The molecule has 1 aliphatic rings. The molecule has 1 fully saturated rings. The standard InChI is InChI=1S/C17H15F3N2O4S/c18-11-7-12(19)9-13(8-11)21-17(23)15-10-14(1-2-16(15)20)27(24,25)22-3-5-26-6-4-22/h1-2,7-10H,3-6H2,(H,21,23). The number of benzene rings is 2. The molecule has 144 valence electrons. The van der Waals surface area contributed by atoms with Gasteiger partial charge in [0.2, 0.25) is 10.0 Å². The lowest BCUT2D eigenvalue weighted by atomic mass is 10.2. The van der Waals surface area contributed by atoms with Crippen molar-refractivity contribution in [1.29, 1.82) is 0 Å². The average Bonchev–Trinajstić information content (AvgIpc) is 2.61. The number of sulfonamides is 1. The molecule has 0 bridgehead atoms. The minimum Gasteiger partial charge on any atom is -0.379 e. The fourth-order valence-corrected chi connectivity index (χ4v) is 4.03. The number of nitrogens with zero attached hydrogens (tertiary/aromatic N) is 1. The zero-order valence-electron chi connectivity index (χ0n) is 13.9. The maximum atomic E-state index is 14.1. The van der Waals surface area contributed by atoms with Crippen LogP contribution in [0.25, 0.3) is 0 Å². The van der Waals surface area contributed by atoms with Gasteiger partial charge in [0.25, 0.3) is 5.91 Å². The van der Waals surface area contributed by atoms with Crippen LogP contribution in [0.3, 0.4) is 0 Å². The highest BCUT2D eigenvalue weighted by molar-refractivity contribution is 7.89. The van der Waals surface area contributed by atoms with Gasteiger partial charge in [-0.05, 0) is 30.3 Å². The Labute approximate surface area is 153 Å². The highest BCUT2D eigenvalue weighted by Gasteiger charge is 2.28. The van der Waals surface area contributed by atoms with Gasteiger partial charge in [-0.3, -0.25) is 4.79 Å². The third kappa shape index (κ3) is 4.29. The van der Waals surface area contributed by atoms with Crippen LogP contribution in [-0.2, 0) is 14.8 Å². The van der Waals surface area contributed by atoms with E-state index < -0.39 is 38.9 Å². The molecule has 0 spiro atoms. The van der Waals surface area contributed by atoms with Crippen LogP contribution in [0.1, 0.15) is 10.4 Å². The largest absolute Gasteiger partial charge is 0.379 e. The van der Waals surface area contributed by atoms with Crippen molar-refractivity contribution in [2.75, 3.05) is 31.6 Å². The fourth-order valence-electron chi connectivity index (χ4n) is 2.60. The molecule has 0 radical (unpaired) electrons. The van der Waals surface area contributed by atoms with Crippen LogP contribution in [0.5, 0.6) is 0 Å². The zero-order chi connectivity index (χ0) is 19.6. The molecule has 0 aliphatic carbocycles. The molecular formula is C17H15F3N2O4S. The summed E-state index contributed by atoms with van der Waals surface area (Å²) in [4.78, 5) is 12.0. The number of hydrogen-bond donors (Lipinski definition) is 1. The van der Waals surface area contributed by atoms with Crippen molar-refractivity contribution in [3.63, 3.8) is 0 Å². The van der Waals surface area contributed by atoms with Gasteiger partial charge < -0.3 is 10.1 Å². The normalized spacial score (nSPS) is 15.5. The van der Waals surface area contributed by atoms with Crippen molar-refractivity contribution < 1.29 is 31.1 Å². The Morgan fingerprint density at radius 3 is 2.26 bits per heavy atom. The van der Waals surface area contributed by atoms with Crippen LogP contribution < -0.4 is 5.32 Å². The second kappa shape index (κ2) is 7.67. The van der Waals surface area contributed by atoms with Crippen molar-refractivity contribution in [2.24, 2.45) is 0 Å². The number of nitrogens with one attached hydrogen (secondary N) is 1. The first-order chi connectivity index (χ1) is 12.8. The van der Waals surface area contributed by atoms with Crippen LogP contribution in [0.4, 0.5) is 18.9 Å². The first-order valence-electron chi connectivity index (χ1n) is 7.92. The minimum absolute atomic E-state index is 0.143. The van der Waals surface area contributed by atoms with Crippen molar-refractivity contribution >= 4 is 21.6 Å². The van der Waals surface area contributed by atoms with E-state index in [1.165, 1.54) is 4.31 Å². The second-order valence-corrected chi connectivity index (χ2v) is 7.71. The Balaban J connectivity index is 1.89. The molecule has 1 aliphatic heterocycles. The fraction of sp³-hybridized carbons (Fsp3) is 0.235. The zero-order valence-corrected chi connectivity index (χ0v) is 14.7. The van der Waals surface area contributed by atoms with Crippen molar-refractivity contribution in [2.45, 2.75) is 4.90 Å². The number of halogens is 3. The lowest BCUT2D eigenvalue weighted by Crippen LogP contribution is -2.40. The molecule has 1 N–H and O–H groups in total. The molecule has 27 heavy (non-hydrogen) atoms. The van der Waals surface area contributed by atoms with Crippen molar-refractivity contribution in [1.82, 2.24) is 4.31 Å². The Hall–Kier alpha value is -2.43. The van der Waals surface area contributed by atoms with Gasteiger partial charge >= 0.3 is 0 Å². The topological polar surface area (TPSA) is 75.7 Å². The summed E-state index contributed by atoms with van der Waals surface area (Å²) < 4.78 is 72.1. The Bertz CT molecular complexity index is 956. The molecular weight excluding hydrogens is 385 g/mol. The summed E-state index contributed by atoms with van der Waals surface area (Å²) in [6.07, 6.45) is 0. The number of hydrogen-bond acceptors (Lipinski definition) is 4. The SMILES string of the molecule is O=C(Nc1cc(F)cc(F)c1)c1cc(S(=O)(=O)N2CCOCC2)ccc1F. The van der Waals surface area contributed by atoms with E-state index >= 15 is 0 Å². The monoisotopic (exact) mass is 400 g/mol. The Kier molecular flexibility index (Phi) is 5.49. The summed E-state index contributed by atoms with van der Waals surface area (Å²) in [6.45, 7) is 0.755. The number of rotatable bonds is 4. The van der Waals surface area contributed by atoms with Crippen molar-refractivity contribution in [3.8, 4) is 0 Å². The number of carbonyl (C=O) groups excluding carboxylic acids is 1. The highest BCUT2D eigenvalue weighted by atomic mass is 32.2. The molecule has 6 nitrogen and oxygen atoms in total. The molecule has 1 amide bonds. The van der Waals surface area contributed by atoms with Crippen LogP contribution in [0.2, 0.25) is 0 Å². The third-order valence-electron chi connectivity index (χ3n) is 3.91. The molecule has 0 aromatic heterocycles. The van der Waals surface area contributed by atoms with Gasteiger partial charge in [-0.15, -0.1) is 0 Å². The molecule has 1 saturated heterocycles. The number of ether oxygens (including phenoxy) is 1. The van der Waals surface area contributed by atoms with E-state index in [2.05, 4.69) is 5.32 Å². The predicted molar refractivity (Wildman–Crippen MR) is 90.3 cm³/mol. The second-order valence-electron chi connectivity index (χ2n) is 5.77. The maximum Gasteiger partial charge on any atom is 0.258 e. The summed E-state index contributed by atoms with van der Waals surface area (Å²) in [5.41, 5.74) is -0.785. The average molecular weight is 400 g/mol. The molecule has 0 unspecified atom stereocenters. The van der Waals surface area contributed by atoms with Crippen LogP contribution in [0, 0.1) is 17.5 Å². The molecule has 2 aromatic rings. The maximum absolute atomic E-state index is 14.1.